The molecule has 2 aromatic carbocycles. The molecule has 0 aliphatic rings. The van der Waals surface area contributed by atoms with E-state index < -0.39 is 16.0 Å². The SMILES string of the molecule is O=C(O)CCCCCCCNS(=O)(=O)c1ccc(C(=O)c2ccc(Cl)cc2)cc1. The Morgan fingerprint density at radius 2 is 1.34 bits per heavy atom. The van der Waals surface area contributed by atoms with Crippen molar-refractivity contribution in [3.8, 4) is 0 Å². The highest BCUT2D eigenvalue weighted by Crippen LogP contribution is 2.16. The minimum Gasteiger partial charge on any atom is -0.481 e. The first-order valence-corrected chi connectivity index (χ1v) is 11.3. The fourth-order valence-corrected chi connectivity index (χ4v) is 3.97. The number of ketones is 1. The maximum absolute atomic E-state index is 12.4. The molecule has 0 amide bonds. The van der Waals surface area contributed by atoms with Crippen molar-refractivity contribution in [2.24, 2.45) is 0 Å². The van der Waals surface area contributed by atoms with Gasteiger partial charge in [0.15, 0.2) is 5.78 Å². The van der Waals surface area contributed by atoms with Gasteiger partial charge in [-0.3, -0.25) is 9.59 Å². The summed E-state index contributed by atoms with van der Waals surface area (Å²) in [5.41, 5.74) is 0.874. The van der Waals surface area contributed by atoms with Crippen LogP contribution >= 0.6 is 11.6 Å². The lowest BCUT2D eigenvalue weighted by Gasteiger charge is -2.08. The Morgan fingerprint density at radius 1 is 0.828 bits per heavy atom. The molecule has 2 aromatic rings. The van der Waals surface area contributed by atoms with Gasteiger partial charge in [0.2, 0.25) is 10.0 Å². The number of aliphatic carboxylic acids is 1. The van der Waals surface area contributed by atoms with E-state index in [-0.39, 0.29) is 17.1 Å². The Hall–Kier alpha value is -2.22. The van der Waals surface area contributed by atoms with Crippen LogP contribution in [0.3, 0.4) is 0 Å². The smallest absolute Gasteiger partial charge is 0.303 e. The van der Waals surface area contributed by atoms with E-state index in [1.54, 1.807) is 24.3 Å². The van der Waals surface area contributed by atoms with E-state index >= 15 is 0 Å². The monoisotopic (exact) mass is 437 g/mol. The number of sulfonamides is 1. The van der Waals surface area contributed by atoms with Crippen molar-refractivity contribution in [1.29, 1.82) is 0 Å². The predicted octanol–water partition coefficient (Wildman–Crippen LogP) is 4.27. The van der Waals surface area contributed by atoms with E-state index in [0.717, 1.165) is 19.3 Å². The van der Waals surface area contributed by atoms with Crippen LogP contribution in [0.2, 0.25) is 5.02 Å². The second kappa shape index (κ2) is 11.1. The molecule has 156 valence electrons. The van der Waals surface area contributed by atoms with Crippen molar-refractivity contribution in [3.63, 3.8) is 0 Å². The Labute approximate surface area is 176 Å². The summed E-state index contributed by atoms with van der Waals surface area (Å²) in [6, 6.07) is 12.3. The molecule has 0 heterocycles. The highest BCUT2D eigenvalue weighted by Gasteiger charge is 2.15. The third kappa shape index (κ3) is 7.61. The summed E-state index contributed by atoms with van der Waals surface area (Å²) in [4.78, 5) is 23.0. The van der Waals surface area contributed by atoms with Crippen LogP contribution in [0.1, 0.15) is 54.4 Å². The van der Waals surface area contributed by atoms with Gasteiger partial charge in [0.25, 0.3) is 0 Å². The van der Waals surface area contributed by atoms with Crippen molar-refractivity contribution >= 4 is 33.4 Å². The van der Waals surface area contributed by atoms with Gasteiger partial charge in [-0.2, -0.15) is 0 Å². The molecule has 0 aliphatic heterocycles. The number of hydrogen-bond donors (Lipinski definition) is 2. The van der Waals surface area contributed by atoms with Crippen LogP contribution in [0.25, 0.3) is 0 Å². The lowest BCUT2D eigenvalue weighted by atomic mass is 10.0. The van der Waals surface area contributed by atoms with Gasteiger partial charge in [-0.25, -0.2) is 13.1 Å². The van der Waals surface area contributed by atoms with Crippen LogP contribution in [0.15, 0.2) is 53.4 Å². The molecule has 0 spiro atoms. The molecule has 2 rings (SSSR count). The lowest BCUT2D eigenvalue weighted by Crippen LogP contribution is -2.24. The van der Waals surface area contributed by atoms with E-state index in [0.29, 0.717) is 35.5 Å². The first-order valence-electron chi connectivity index (χ1n) is 9.41. The van der Waals surface area contributed by atoms with E-state index in [9.17, 15) is 18.0 Å². The number of carbonyl (C=O) groups is 2. The number of hydrogen-bond acceptors (Lipinski definition) is 4. The summed E-state index contributed by atoms with van der Waals surface area (Å²) in [6.45, 7) is 0.312. The highest BCUT2D eigenvalue weighted by atomic mass is 35.5. The van der Waals surface area contributed by atoms with Crippen molar-refractivity contribution in [3.05, 3.63) is 64.7 Å². The first-order chi connectivity index (χ1) is 13.8. The predicted molar refractivity (Wildman–Crippen MR) is 112 cm³/mol. The maximum atomic E-state index is 12.4. The standard InChI is InChI=1S/C21H24ClNO5S/c22-18-11-7-16(8-12-18)21(26)17-9-13-19(14-10-17)29(27,28)23-15-5-3-1-2-4-6-20(24)25/h7-14,23H,1-6,15H2,(H,24,25). The Morgan fingerprint density at radius 3 is 1.93 bits per heavy atom. The van der Waals surface area contributed by atoms with Crippen molar-refractivity contribution < 1.29 is 23.1 Å². The molecule has 0 unspecified atom stereocenters. The number of carbonyl (C=O) groups excluding carboxylic acids is 1. The zero-order valence-electron chi connectivity index (χ0n) is 15.9. The molecule has 2 N–H and O–H groups in total. The van der Waals surface area contributed by atoms with Crippen molar-refractivity contribution in [2.45, 2.75) is 43.4 Å². The Balaban J connectivity index is 1.82. The third-order valence-electron chi connectivity index (χ3n) is 4.39. The fourth-order valence-electron chi connectivity index (χ4n) is 2.77. The molecule has 0 aromatic heterocycles. The summed E-state index contributed by atoms with van der Waals surface area (Å²) in [5.74, 6) is -1.000. The average molecular weight is 438 g/mol. The largest absolute Gasteiger partial charge is 0.481 e. The molecule has 0 aliphatic carbocycles. The minimum atomic E-state index is -3.64. The topological polar surface area (TPSA) is 101 Å². The highest BCUT2D eigenvalue weighted by molar-refractivity contribution is 7.89. The number of carboxylic acids is 1. The van der Waals surface area contributed by atoms with Crippen LogP contribution in [0.4, 0.5) is 0 Å². The first kappa shape index (κ1) is 23.1. The number of halogens is 1. The number of unbranched alkanes of at least 4 members (excludes halogenated alkanes) is 4. The van der Waals surface area contributed by atoms with Gasteiger partial charge in [-0.05, 0) is 61.4 Å². The zero-order chi connectivity index (χ0) is 21.3. The molecule has 0 atom stereocenters. The van der Waals surface area contributed by atoms with Gasteiger partial charge >= 0.3 is 5.97 Å². The minimum absolute atomic E-state index is 0.103. The summed E-state index contributed by atoms with van der Waals surface area (Å²) < 4.78 is 27.3. The third-order valence-corrected chi connectivity index (χ3v) is 6.12. The second-order valence-corrected chi connectivity index (χ2v) is 8.87. The molecule has 0 fully saturated rings. The van der Waals surface area contributed by atoms with Crippen LogP contribution < -0.4 is 4.72 Å². The van der Waals surface area contributed by atoms with Gasteiger partial charge in [-0.15, -0.1) is 0 Å². The normalized spacial score (nSPS) is 11.3. The van der Waals surface area contributed by atoms with E-state index in [2.05, 4.69) is 4.72 Å². The van der Waals surface area contributed by atoms with Crippen LogP contribution in [0, 0.1) is 0 Å². The molecule has 0 radical (unpaired) electrons. The number of rotatable bonds is 12. The van der Waals surface area contributed by atoms with Crippen LogP contribution in [-0.2, 0) is 14.8 Å². The average Bonchev–Trinajstić information content (AvgIpc) is 2.70. The van der Waals surface area contributed by atoms with E-state index in [4.69, 9.17) is 16.7 Å². The lowest BCUT2D eigenvalue weighted by molar-refractivity contribution is -0.137. The molecule has 29 heavy (non-hydrogen) atoms. The summed E-state index contributed by atoms with van der Waals surface area (Å²) in [5, 5.41) is 9.10. The zero-order valence-corrected chi connectivity index (χ0v) is 17.5. The summed E-state index contributed by atoms with van der Waals surface area (Å²) in [7, 11) is -3.64. The maximum Gasteiger partial charge on any atom is 0.303 e. The quantitative estimate of drug-likeness (QED) is 0.381. The second-order valence-electron chi connectivity index (χ2n) is 6.67. The van der Waals surface area contributed by atoms with E-state index in [1.807, 2.05) is 0 Å². The van der Waals surface area contributed by atoms with Crippen molar-refractivity contribution in [1.82, 2.24) is 4.72 Å². The fraction of sp³-hybridized carbons (Fsp3) is 0.333. The Kier molecular flexibility index (Phi) is 8.82. The molecule has 8 heteroatoms. The molecule has 0 saturated carbocycles. The van der Waals surface area contributed by atoms with Gasteiger partial charge in [0, 0.05) is 29.1 Å². The molecule has 0 bridgehead atoms. The Bertz CT molecular complexity index is 925. The van der Waals surface area contributed by atoms with Gasteiger partial charge < -0.3 is 5.11 Å². The van der Waals surface area contributed by atoms with Gasteiger partial charge in [0.1, 0.15) is 0 Å². The molecule has 0 saturated heterocycles. The van der Waals surface area contributed by atoms with Crippen LogP contribution in [-0.4, -0.2) is 31.8 Å². The van der Waals surface area contributed by atoms with Crippen LogP contribution in [0.5, 0.6) is 0 Å². The summed E-state index contributed by atoms with van der Waals surface area (Å²) >= 11 is 5.82. The summed E-state index contributed by atoms with van der Waals surface area (Å²) in [6.07, 6.45) is 4.01. The molecular formula is C21H24ClNO5S. The van der Waals surface area contributed by atoms with Gasteiger partial charge in [-0.1, -0.05) is 30.9 Å². The molecule has 6 nitrogen and oxygen atoms in total. The molecular weight excluding hydrogens is 414 g/mol. The number of nitrogens with one attached hydrogen (secondary N) is 1. The number of carboxylic acid groups (broad SMARTS) is 1. The van der Waals surface area contributed by atoms with E-state index in [1.165, 1.54) is 24.3 Å². The van der Waals surface area contributed by atoms with Crippen molar-refractivity contribution in [2.75, 3.05) is 6.54 Å². The van der Waals surface area contributed by atoms with Gasteiger partial charge in [0.05, 0.1) is 4.90 Å². The number of benzene rings is 2.